The van der Waals surface area contributed by atoms with Crippen LogP contribution in [0.3, 0.4) is 0 Å². The number of anilines is 1. The summed E-state index contributed by atoms with van der Waals surface area (Å²) in [6.07, 6.45) is 0. The van der Waals surface area contributed by atoms with Crippen molar-refractivity contribution in [3.63, 3.8) is 0 Å². The maximum absolute atomic E-state index is 12.3. The van der Waals surface area contributed by atoms with E-state index < -0.39 is 0 Å². The molecule has 6 heteroatoms. The summed E-state index contributed by atoms with van der Waals surface area (Å²) in [6, 6.07) is 9.02. The van der Waals surface area contributed by atoms with Gasteiger partial charge in [-0.15, -0.1) is 0 Å². The summed E-state index contributed by atoms with van der Waals surface area (Å²) < 4.78 is 0.841. The minimum Gasteiger partial charge on any atom is -0.298 e. The van der Waals surface area contributed by atoms with Gasteiger partial charge in [-0.3, -0.25) is 10.1 Å². The van der Waals surface area contributed by atoms with Crippen molar-refractivity contribution in [1.29, 1.82) is 0 Å². The Hall–Kier alpha value is -1.62. The highest BCUT2D eigenvalue weighted by Gasteiger charge is 2.12. The molecule has 1 amide bonds. The molecule has 1 aromatic heterocycles. The molecule has 0 saturated carbocycles. The van der Waals surface area contributed by atoms with Gasteiger partial charge in [-0.25, -0.2) is 4.98 Å². The fraction of sp³-hybridized carbons (Fsp3) is 0.125. The number of hydrogen-bond donors (Lipinski definition) is 1. The quantitative estimate of drug-likeness (QED) is 0.665. The van der Waals surface area contributed by atoms with Gasteiger partial charge in [0.1, 0.15) is 5.52 Å². The first kappa shape index (κ1) is 15.3. The van der Waals surface area contributed by atoms with Crippen molar-refractivity contribution >= 4 is 55.8 Å². The van der Waals surface area contributed by atoms with Crippen LogP contribution in [0.2, 0.25) is 10.0 Å². The van der Waals surface area contributed by atoms with Crippen LogP contribution in [0.15, 0.2) is 30.3 Å². The first-order valence-electron chi connectivity index (χ1n) is 6.58. The normalized spacial score (nSPS) is 10.9. The monoisotopic (exact) mass is 350 g/mol. The van der Waals surface area contributed by atoms with Crippen LogP contribution in [0, 0.1) is 13.8 Å². The third-order valence-electron chi connectivity index (χ3n) is 3.40. The Labute approximate surface area is 141 Å². The van der Waals surface area contributed by atoms with E-state index in [1.807, 2.05) is 26.0 Å². The number of hydrogen-bond acceptors (Lipinski definition) is 3. The number of fused-ring (bicyclic) bond motifs is 1. The highest BCUT2D eigenvalue weighted by atomic mass is 35.5. The van der Waals surface area contributed by atoms with Crippen molar-refractivity contribution in [2.75, 3.05) is 5.32 Å². The van der Waals surface area contributed by atoms with Gasteiger partial charge in [-0.05, 0) is 49.2 Å². The molecule has 0 bridgehead atoms. The van der Waals surface area contributed by atoms with Gasteiger partial charge >= 0.3 is 0 Å². The van der Waals surface area contributed by atoms with Crippen LogP contribution in [-0.4, -0.2) is 10.9 Å². The molecule has 2 aromatic carbocycles. The summed E-state index contributed by atoms with van der Waals surface area (Å²) in [7, 11) is 0. The molecule has 0 aliphatic heterocycles. The molecule has 1 heterocycles. The third kappa shape index (κ3) is 2.95. The Balaban J connectivity index is 1.90. The Morgan fingerprint density at radius 3 is 2.64 bits per heavy atom. The molecule has 3 rings (SSSR count). The molecule has 0 radical (unpaired) electrons. The van der Waals surface area contributed by atoms with Crippen LogP contribution in [0.1, 0.15) is 21.5 Å². The average molecular weight is 351 g/mol. The number of amides is 1. The second kappa shape index (κ2) is 5.88. The number of aromatic nitrogens is 1. The predicted octanol–water partition coefficient (Wildman–Crippen LogP) is 5.47. The third-order valence-corrected chi connectivity index (χ3v) is 4.83. The van der Waals surface area contributed by atoms with Crippen LogP contribution in [0.4, 0.5) is 5.13 Å². The van der Waals surface area contributed by atoms with E-state index in [0.29, 0.717) is 26.3 Å². The van der Waals surface area contributed by atoms with E-state index in [9.17, 15) is 4.79 Å². The zero-order valence-electron chi connectivity index (χ0n) is 11.9. The Morgan fingerprint density at radius 2 is 1.91 bits per heavy atom. The van der Waals surface area contributed by atoms with Crippen LogP contribution >= 0.6 is 34.5 Å². The predicted molar refractivity (Wildman–Crippen MR) is 93.5 cm³/mol. The first-order valence-corrected chi connectivity index (χ1v) is 8.15. The highest BCUT2D eigenvalue weighted by molar-refractivity contribution is 7.22. The first-order chi connectivity index (χ1) is 10.4. The molecule has 0 spiro atoms. The molecule has 112 valence electrons. The number of carbonyl (C=O) groups excluding carboxylic acids is 1. The number of halogens is 2. The number of nitrogens with zero attached hydrogens (tertiary/aromatic N) is 1. The summed E-state index contributed by atoms with van der Waals surface area (Å²) in [5.74, 6) is -0.190. The lowest BCUT2D eigenvalue weighted by Gasteiger charge is -2.04. The number of carbonyl (C=O) groups is 1. The molecule has 0 saturated heterocycles. The fourth-order valence-electron chi connectivity index (χ4n) is 2.06. The molecule has 0 atom stereocenters. The van der Waals surface area contributed by atoms with Crippen molar-refractivity contribution in [2.45, 2.75) is 13.8 Å². The van der Waals surface area contributed by atoms with Crippen molar-refractivity contribution in [3.05, 3.63) is 57.1 Å². The van der Waals surface area contributed by atoms with Gasteiger partial charge in [0.15, 0.2) is 5.13 Å². The molecular formula is C16H12Cl2N2OS. The molecule has 1 N–H and O–H groups in total. The molecular weight excluding hydrogens is 339 g/mol. The fourth-order valence-corrected chi connectivity index (χ4v) is 3.65. The summed E-state index contributed by atoms with van der Waals surface area (Å²) in [5, 5.41) is 4.34. The summed E-state index contributed by atoms with van der Waals surface area (Å²) >= 11 is 13.4. The molecule has 0 fully saturated rings. The lowest BCUT2D eigenvalue weighted by molar-refractivity contribution is 0.102. The van der Waals surface area contributed by atoms with Crippen LogP contribution in [0.25, 0.3) is 10.2 Å². The van der Waals surface area contributed by atoms with Gasteiger partial charge in [-0.2, -0.15) is 0 Å². The number of thiazole rings is 1. The lowest BCUT2D eigenvalue weighted by Crippen LogP contribution is -2.11. The second-order valence-corrected chi connectivity index (χ2v) is 6.88. The van der Waals surface area contributed by atoms with E-state index in [1.54, 1.807) is 18.2 Å². The Morgan fingerprint density at radius 1 is 1.14 bits per heavy atom. The largest absolute Gasteiger partial charge is 0.298 e. The number of benzene rings is 2. The minimum atomic E-state index is -0.190. The van der Waals surface area contributed by atoms with E-state index in [-0.39, 0.29) is 5.91 Å². The molecule has 3 nitrogen and oxygen atoms in total. The van der Waals surface area contributed by atoms with E-state index in [4.69, 9.17) is 23.2 Å². The van der Waals surface area contributed by atoms with Crippen LogP contribution in [0.5, 0.6) is 0 Å². The zero-order valence-corrected chi connectivity index (χ0v) is 14.2. The Bertz CT molecular complexity index is 889. The van der Waals surface area contributed by atoms with Gasteiger partial charge in [0.25, 0.3) is 5.91 Å². The minimum absolute atomic E-state index is 0.190. The average Bonchev–Trinajstić information content (AvgIpc) is 2.84. The van der Waals surface area contributed by atoms with Gasteiger partial charge < -0.3 is 0 Å². The summed E-state index contributed by atoms with van der Waals surface area (Å²) in [6.45, 7) is 3.99. The van der Waals surface area contributed by atoms with E-state index in [2.05, 4.69) is 10.3 Å². The molecule has 0 aliphatic rings. The van der Waals surface area contributed by atoms with E-state index >= 15 is 0 Å². The smallest absolute Gasteiger partial charge is 0.257 e. The second-order valence-electron chi connectivity index (χ2n) is 5.01. The maximum Gasteiger partial charge on any atom is 0.257 e. The maximum atomic E-state index is 12.3. The molecule has 22 heavy (non-hydrogen) atoms. The molecule has 0 unspecified atom stereocenters. The van der Waals surface area contributed by atoms with Crippen molar-refractivity contribution in [1.82, 2.24) is 4.98 Å². The lowest BCUT2D eigenvalue weighted by atomic mass is 10.1. The number of aryl methyl sites for hydroxylation is 2. The van der Waals surface area contributed by atoms with Crippen molar-refractivity contribution < 1.29 is 4.79 Å². The van der Waals surface area contributed by atoms with Gasteiger partial charge in [-0.1, -0.05) is 40.6 Å². The topological polar surface area (TPSA) is 42.0 Å². The standard InChI is InChI=1S/C16H12Cl2N2OS/c1-8-3-4-10(5-9(8)2)15(21)20-16-19-14-12(18)6-11(17)7-13(14)22-16/h3-7H,1-2H3,(H,19,20,21). The SMILES string of the molecule is Cc1ccc(C(=O)Nc2nc3c(Cl)cc(Cl)cc3s2)cc1C. The van der Waals surface area contributed by atoms with E-state index in [0.717, 1.165) is 15.8 Å². The van der Waals surface area contributed by atoms with Crippen molar-refractivity contribution in [3.8, 4) is 0 Å². The summed E-state index contributed by atoms with van der Waals surface area (Å²) in [4.78, 5) is 16.7. The highest BCUT2D eigenvalue weighted by Crippen LogP contribution is 2.33. The molecule has 3 aromatic rings. The van der Waals surface area contributed by atoms with Crippen molar-refractivity contribution in [2.24, 2.45) is 0 Å². The van der Waals surface area contributed by atoms with Crippen LogP contribution in [-0.2, 0) is 0 Å². The zero-order chi connectivity index (χ0) is 15.9. The van der Waals surface area contributed by atoms with Crippen LogP contribution < -0.4 is 5.32 Å². The number of rotatable bonds is 2. The van der Waals surface area contributed by atoms with Gasteiger partial charge in [0, 0.05) is 10.6 Å². The molecule has 0 aliphatic carbocycles. The number of nitrogens with one attached hydrogen (secondary N) is 1. The van der Waals surface area contributed by atoms with Gasteiger partial charge in [0.05, 0.1) is 9.72 Å². The Kier molecular flexibility index (Phi) is 4.08. The van der Waals surface area contributed by atoms with Gasteiger partial charge in [0.2, 0.25) is 0 Å². The summed E-state index contributed by atoms with van der Waals surface area (Å²) in [5.41, 5.74) is 3.47. The van der Waals surface area contributed by atoms with E-state index in [1.165, 1.54) is 11.3 Å².